The van der Waals surface area contributed by atoms with E-state index in [0.717, 1.165) is 24.8 Å². The Bertz CT molecular complexity index is 586. The zero-order valence-electron chi connectivity index (χ0n) is 10.5. The molecule has 0 spiro atoms. The number of fused-ring (bicyclic) bond motifs is 1. The second-order valence-corrected chi connectivity index (χ2v) is 4.91. The van der Waals surface area contributed by atoms with Crippen LogP contribution in [-0.4, -0.2) is 15.6 Å². The molecule has 0 saturated heterocycles. The Labute approximate surface area is 106 Å². The van der Waals surface area contributed by atoms with Crippen LogP contribution in [0.4, 0.5) is 0 Å². The quantitative estimate of drug-likeness (QED) is 0.756. The molecule has 0 aliphatic heterocycles. The highest BCUT2D eigenvalue weighted by molar-refractivity contribution is 6.00. The number of nitrogens with zero attached hydrogens (tertiary/aromatic N) is 2. The average molecular weight is 240 g/mol. The van der Waals surface area contributed by atoms with Crippen LogP contribution in [0.15, 0.2) is 36.7 Å². The summed E-state index contributed by atoms with van der Waals surface area (Å²) in [5.74, 6) is 0.217. The maximum atomic E-state index is 12.5. The molecule has 1 aliphatic rings. The number of rotatable bonds is 2. The molecule has 3 heteroatoms. The highest BCUT2D eigenvalue weighted by atomic mass is 16.1. The summed E-state index contributed by atoms with van der Waals surface area (Å²) in [7, 11) is 1.84. The van der Waals surface area contributed by atoms with Crippen LogP contribution in [0, 0.1) is 0 Å². The molecule has 1 aromatic carbocycles. The Morgan fingerprint density at radius 2 is 2.22 bits per heavy atom. The summed E-state index contributed by atoms with van der Waals surface area (Å²) in [5.41, 5.74) is 3.25. The lowest BCUT2D eigenvalue weighted by Crippen LogP contribution is -2.18. The van der Waals surface area contributed by atoms with Gasteiger partial charge in [0.15, 0.2) is 5.78 Å². The number of Topliss-reactive ketones (excluding diaryl/α,β-unsaturated/α-hetero) is 1. The van der Waals surface area contributed by atoms with Crippen molar-refractivity contribution in [3.63, 3.8) is 0 Å². The van der Waals surface area contributed by atoms with E-state index >= 15 is 0 Å². The molecule has 1 unspecified atom stereocenters. The van der Waals surface area contributed by atoms with E-state index < -0.39 is 0 Å². The van der Waals surface area contributed by atoms with Gasteiger partial charge < -0.3 is 0 Å². The average Bonchev–Trinajstić information content (AvgIpc) is 2.84. The predicted molar refractivity (Wildman–Crippen MR) is 69.7 cm³/mol. The normalized spacial score (nSPS) is 18.4. The van der Waals surface area contributed by atoms with Crippen molar-refractivity contribution < 1.29 is 4.79 Å². The molecule has 18 heavy (non-hydrogen) atoms. The Balaban J connectivity index is 1.96. The van der Waals surface area contributed by atoms with Gasteiger partial charge >= 0.3 is 0 Å². The van der Waals surface area contributed by atoms with Crippen LogP contribution in [0.2, 0.25) is 0 Å². The molecule has 3 nitrogen and oxygen atoms in total. The van der Waals surface area contributed by atoms with Gasteiger partial charge in [-0.1, -0.05) is 24.3 Å². The fourth-order valence-corrected chi connectivity index (χ4v) is 2.78. The highest BCUT2D eigenvalue weighted by Gasteiger charge is 2.27. The minimum Gasteiger partial charge on any atom is -0.293 e. The van der Waals surface area contributed by atoms with E-state index in [9.17, 15) is 4.79 Å². The number of aryl methyl sites for hydroxylation is 2. The lowest BCUT2D eigenvalue weighted by Gasteiger charge is -2.23. The van der Waals surface area contributed by atoms with Gasteiger partial charge in [0.25, 0.3) is 0 Å². The monoisotopic (exact) mass is 240 g/mol. The van der Waals surface area contributed by atoms with Crippen molar-refractivity contribution in [3.05, 3.63) is 53.3 Å². The Morgan fingerprint density at radius 1 is 1.39 bits per heavy atom. The summed E-state index contributed by atoms with van der Waals surface area (Å²) < 4.78 is 1.68. The lowest BCUT2D eigenvalue weighted by atomic mass is 9.79. The first-order valence-electron chi connectivity index (χ1n) is 6.36. The van der Waals surface area contributed by atoms with Crippen molar-refractivity contribution >= 4 is 5.78 Å². The largest absolute Gasteiger partial charge is 0.293 e. The molecular formula is C15H16N2O. The summed E-state index contributed by atoms with van der Waals surface area (Å²) in [5, 5.41) is 4.08. The number of carbonyl (C=O) groups is 1. The van der Waals surface area contributed by atoms with E-state index in [4.69, 9.17) is 0 Å². The summed E-state index contributed by atoms with van der Waals surface area (Å²) in [6.07, 6.45) is 6.60. The highest BCUT2D eigenvalue weighted by Crippen LogP contribution is 2.33. The molecule has 0 fully saturated rings. The Morgan fingerprint density at radius 3 is 3.00 bits per heavy atom. The van der Waals surface area contributed by atoms with Crippen LogP contribution >= 0.6 is 0 Å². The van der Waals surface area contributed by atoms with Crippen molar-refractivity contribution in [1.82, 2.24) is 9.78 Å². The molecule has 0 bridgehead atoms. The first kappa shape index (κ1) is 11.2. The maximum Gasteiger partial charge on any atom is 0.173 e. The molecule has 1 aromatic heterocycles. The third-order valence-electron chi connectivity index (χ3n) is 3.68. The van der Waals surface area contributed by atoms with E-state index in [2.05, 4.69) is 23.3 Å². The zero-order valence-corrected chi connectivity index (χ0v) is 10.5. The van der Waals surface area contributed by atoms with Gasteiger partial charge in [-0.3, -0.25) is 9.48 Å². The molecule has 1 aliphatic carbocycles. The SMILES string of the molecule is Cn1cc(C(=O)C2CCCc3ccccc32)cn1. The van der Waals surface area contributed by atoms with E-state index in [1.165, 1.54) is 11.1 Å². The van der Waals surface area contributed by atoms with Crippen LogP contribution in [0.5, 0.6) is 0 Å². The number of aromatic nitrogens is 2. The predicted octanol–water partition coefficient (Wildman–Crippen LogP) is 2.72. The summed E-state index contributed by atoms with van der Waals surface area (Å²) in [6.45, 7) is 0. The van der Waals surface area contributed by atoms with Crippen molar-refractivity contribution in [2.75, 3.05) is 0 Å². The first-order chi connectivity index (χ1) is 8.75. The first-order valence-corrected chi connectivity index (χ1v) is 6.36. The van der Waals surface area contributed by atoms with E-state index in [1.54, 1.807) is 17.1 Å². The molecule has 0 N–H and O–H groups in total. The molecule has 1 atom stereocenters. The number of hydrogen-bond donors (Lipinski definition) is 0. The smallest absolute Gasteiger partial charge is 0.173 e. The van der Waals surface area contributed by atoms with Crippen molar-refractivity contribution in [2.45, 2.75) is 25.2 Å². The molecule has 0 amide bonds. The molecule has 0 radical (unpaired) electrons. The van der Waals surface area contributed by atoms with Crippen molar-refractivity contribution in [3.8, 4) is 0 Å². The fourth-order valence-electron chi connectivity index (χ4n) is 2.78. The molecule has 1 heterocycles. The maximum absolute atomic E-state index is 12.5. The van der Waals surface area contributed by atoms with Crippen LogP contribution < -0.4 is 0 Å². The van der Waals surface area contributed by atoms with E-state index in [0.29, 0.717) is 0 Å². The van der Waals surface area contributed by atoms with Crippen LogP contribution in [-0.2, 0) is 13.5 Å². The van der Waals surface area contributed by atoms with Gasteiger partial charge in [-0.15, -0.1) is 0 Å². The lowest BCUT2D eigenvalue weighted by molar-refractivity contribution is 0.0951. The standard InChI is InChI=1S/C15H16N2O/c1-17-10-12(9-16-17)15(18)14-8-4-6-11-5-2-3-7-13(11)14/h2-3,5,7,9-10,14H,4,6,8H2,1H3. The minimum absolute atomic E-state index is 0.0131. The third-order valence-corrected chi connectivity index (χ3v) is 3.68. The van der Waals surface area contributed by atoms with Gasteiger partial charge in [-0.25, -0.2) is 0 Å². The third kappa shape index (κ3) is 1.86. The second-order valence-electron chi connectivity index (χ2n) is 4.91. The number of carbonyl (C=O) groups excluding carboxylic acids is 1. The molecule has 3 rings (SSSR count). The minimum atomic E-state index is 0.0131. The summed E-state index contributed by atoms with van der Waals surface area (Å²) >= 11 is 0. The second kappa shape index (κ2) is 4.41. The molecule has 92 valence electrons. The van der Waals surface area contributed by atoms with Crippen LogP contribution in [0.25, 0.3) is 0 Å². The molecule has 0 saturated carbocycles. The van der Waals surface area contributed by atoms with Gasteiger partial charge in [0.1, 0.15) is 0 Å². The number of hydrogen-bond acceptors (Lipinski definition) is 2. The Kier molecular flexibility index (Phi) is 2.74. The van der Waals surface area contributed by atoms with Crippen LogP contribution in [0.1, 0.15) is 40.2 Å². The van der Waals surface area contributed by atoms with E-state index in [1.807, 2.05) is 13.1 Å². The van der Waals surface area contributed by atoms with Crippen molar-refractivity contribution in [2.24, 2.45) is 7.05 Å². The van der Waals surface area contributed by atoms with Gasteiger partial charge in [-0.2, -0.15) is 5.10 Å². The Hall–Kier alpha value is -1.90. The van der Waals surface area contributed by atoms with Gasteiger partial charge in [-0.05, 0) is 30.4 Å². The fraction of sp³-hybridized carbons (Fsp3) is 0.333. The topological polar surface area (TPSA) is 34.9 Å². The van der Waals surface area contributed by atoms with Gasteiger partial charge in [0, 0.05) is 19.2 Å². The summed E-state index contributed by atoms with van der Waals surface area (Å²) in [6, 6.07) is 8.30. The van der Waals surface area contributed by atoms with Crippen LogP contribution in [0.3, 0.4) is 0 Å². The zero-order chi connectivity index (χ0) is 12.5. The van der Waals surface area contributed by atoms with Gasteiger partial charge in [0.05, 0.1) is 11.8 Å². The summed E-state index contributed by atoms with van der Waals surface area (Å²) in [4.78, 5) is 12.5. The van der Waals surface area contributed by atoms with Gasteiger partial charge in [0.2, 0.25) is 0 Å². The molecule has 2 aromatic rings. The van der Waals surface area contributed by atoms with E-state index in [-0.39, 0.29) is 11.7 Å². The van der Waals surface area contributed by atoms with Crippen molar-refractivity contribution in [1.29, 1.82) is 0 Å². The number of ketones is 1. The number of benzene rings is 1. The molecular weight excluding hydrogens is 224 g/mol.